The molecule has 0 fully saturated rings. The van der Waals surface area contributed by atoms with Crippen LogP contribution in [0.2, 0.25) is 0 Å². The maximum atomic E-state index is 12.4. The van der Waals surface area contributed by atoms with Crippen LogP contribution in [0.1, 0.15) is 18.4 Å². The van der Waals surface area contributed by atoms with Crippen LogP contribution in [-0.2, 0) is 35.2 Å². The third kappa shape index (κ3) is 9.67. The Hall–Kier alpha value is -4.00. The highest BCUT2D eigenvalue weighted by atomic mass is 16.4. The van der Waals surface area contributed by atoms with Gasteiger partial charge < -0.3 is 38.3 Å². The topological polar surface area (TPSA) is 237 Å². The van der Waals surface area contributed by atoms with Crippen molar-refractivity contribution in [1.82, 2.24) is 16.0 Å². The Kier molecular flexibility index (Phi) is 10.3. The highest BCUT2D eigenvalue weighted by Gasteiger charge is 2.27. The Morgan fingerprint density at radius 3 is 1.94 bits per heavy atom. The minimum absolute atomic E-state index is 0.177. The molecule has 174 valence electrons. The van der Waals surface area contributed by atoms with E-state index in [1.54, 1.807) is 30.3 Å². The van der Waals surface area contributed by atoms with Crippen LogP contribution < -0.4 is 33.2 Å². The fourth-order valence-corrected chi connectivity index (χ4v) is 2.59. The first-order valence-electron chi connectivity index (χ1n) is 9.46. The van der Waals surface area contributed by atoms with Crippen molar-refractivity contribution >= 4 is 35.5 Å². The van der Waals surface area contributed by atoms with Crippen LogP contribution in [0.5, 0.6) is 0 Å². The molecule has 0 spiro atoms. The smallest absolute Gasteiger partial charge is 0.326 e. The lowest BCUT2D eigenvalue weighted by molar-refractivity contribution is -0.143. The van der Waals surface area contributed by atoms with Crippen molar-refractivity contribution in [3.8, 4) is 0 Å². The zero-order chi connectivity index (χ0) is 24.3. The van der Waals surface area contributed by atoms with Crippen molar-refractivity contribution in [2.75, 3.05) is 6.54 Å². The van der Waals surface area contributed by atoms with Gasteiger partial charge in [-0.1, -0.05) is 30.3 Å². The number of nitrogens with one attached hydrogen (secondary N) is 3. The van der Waals surface area contributed by atoms with Crippen LogP contribution in [0.15, 0.2) is 30.3 Å². The second kappa shape index (κ2) is 12.6. The summed E-state index contributed by atoms with van der Waals surface area (Å²) in [5, 5.41) is 15.5. The molecule has 10 N–H and O–H groups in total. The monoisotopic (exact) mass is 450 g/mol. The third-order valence-electron chi connectivity index (χ3n) is 4.14. The number of aliphatic carboxylic acids is 1. The van der Waals surface area contributed by atoms with E-state index in [9.17, 15) is 28.8 Å². The summed E-state index contributed by atoms with van der Waals surface area (Å²) in [6.45, 7) is -0.692. The lowest BCUT2D eigenvalue weighted by atomic mass is 10.1. The summed E-state index contributed by atoms with van der Waals surface area (Å²) in [6.07, 6.45) is -1.03. The van der Waals surface area contributed by atoms with Crippen LogP contribution in [0.4, 0.5) is 0 Å². The second-order valence-electron chi connectivity index (χ2n) is 6.87. The molecule has 0 saturated carbocycles. The Bertz CT molecular complexity index is 861. The van der Waals surface area contributed by atoms with Crippen molar-refractivity contribution in [2.24, 2.45) is 17.2 Å². The first kappa shape index (κ1) is 26.0. The lowest BCUT2D eigenvalue weighted by Gasteiger charge is -2.20. The highest BCUT2D eigenvalue weighted by Crippen LogP contribution is 2.03. The molecule has 32 heavy (non-hydrogen) atoms. The molecule has 3 unspecified atom stereocenters. The van der Waals surface area contributed by atoms with E-state index in [0.29, 0.717) is 0 Å². The molecule has 1 aromatic carbocycles. The standard InChI is InChI=1S/C19H26N6O7/c20-11(6-10-4-2-1-3-5-10)17(29)25-12(7-14(21)26)18(30)23-9-16(28)24-13(19(31)32)8-15(22)27/h1-5,11-13H,6-9,20H2,(H2,21,26)(H2,22,27)(H,23,30)(H,24,28)(H,25,29)(H,31,32). The van der Waals surface area contributed by atoms with E-state index in [1.807, 2.05) is 5.32 Å². The van der Waals surface area contributed by atoms with Gasteiger partial charge in [0.2, 0.25) is 29.5 Å². The van der Waals surface area contributed by atoms with Crippen LogP contribution in [-0.4, -0.2) is 65.3 Å². The summed E-state index contributed by atoms with van der Waals surface area (Å²) < 4.78 is 0. The highest BCUT2D eigenvalue weighted by molar-refractivity contribution is 5.95. The molecule has 13 nitrogen and oxygen atoms in total. The number of carboxylic acid groups (broad SMARTS) is 1. The Labute approximate surface area is 183 Å². The van der Waals surface area contributed by atoms with E-state index in [0.717, 1.165) is 5.56 Å². The number of hydrogen-bond acceptors (Lipinski definition) is 7. The molecule has 3 atom stereocenters. The molecular weight excluding hydrogens is 424 g/mol. The predicted octanol–water partition coefficient (Wildman–Crippen LogP) is -3.52. The van der Waals surface area contributed by atoms with Gasteiger partial charge in [-0.25, -0.2) is 4.79 Å². The van der Waals surface area contributed by atoms with Crippen LogP contribution in [0, 0.1) is 0 Å². The minimum Gasteiger partial charge on any atom is -0.480 e. The van der Waals surface area contributed by atoms with Gasteiger partial charge >= 0.3 is 5.97 Å². The molecule has 0 heterocycles. The van der Waals surface area contributed by atoms with Gasteiger partial charge in [0.15, 0.2) is 0 Å². The molecule has 5 amide bonds. The maximum Gasteiger partial charge on any atom is 0.326 e. The van der Waals surface area contributed by atoms with E-state index in [4.69, 9.17) is 22.3 Å². The van der Waals surface area contributed by atoms with Gasteiger partial charge in [-0.05, 0) is 12.0 Å². The molecule has 13 heteroatoms. The summed E-state index contributed by atoms with van der Waals surface area (Å²) >= 11 is 0. The third-order valence-corrected chi connectivity index (χ3v) is 4.14. The quantitative estimate of drug-likeness (QED) is 0.158. The van der Waals surface area contributed by atoms with Gasteiger partial charge in [-0.3, -0.25) is 24.0 Å². The predicted molar refractivity (Wildman–Crippen MR) is 110 cm³/mol. The largest absolute Gasteiger partial charge is 0.480 e. The Balaban J connectivity index is 2.67. The average molecular weight is 450 g/mol. The van der Waals surface area contributed by atoms with E-state index in [2.05, 4.69) is 10.6 Å². The van der Waals surface area contributed by atoms with Crippen molar-refractivity contribution in [3.05, 3.63) is 35.9 Å². The number of nitrogens with two attached hydrogens (primary N) is 3. The Morgan fingerprint density at radius 1 is 0.844 bits per heavy atom. The number of benzene rings is 1. The molecule has 0 aliphatic heterocycles. The molecule has 1 rings (SSSR count). The van der Waals surface area contributed by atoms with Crippen molar-refractivity contribution in [3.63, 3.8) is 0 Å². The number of amides is 5. The number of carbonyl (C=O) groups is 6. The zero-order valence-corrected chi connectivity index (χ0v) is 17.1. The number of primary amides is 2. The van der Waals surface area contributed by atoms with Crippen LogP contribution in [0.25, 0.3) is 0 Å². The molecule has 0 saturated heterocycles. The maximum absolute atomic E-state index is 12.4. The molecule has 1 aromatic rings. The molecule has 0 aliphatic rings. The first-order valence-corrected chi connectivity index (χ1v) is 9.46. The van der Waals surface area contributed by atoms with Crippen LogP contribution in [0.3, 0.4) is 0 Å². The van der Waals surface area contributed by atoms with E-state index in [1.165, 1.54) is 0 Å². The van der Waals surface area contributed by atoms with Gasteiger partial charge in [-0.2, -0.15) is 0 Å². The molecule has 0 aliphatic carbocycles. The summed E-state index contributed by atoms with van der Waals surface area (Å²) in [4.78, 5) is 69.8. The fraction of sp³-hybridized carbons (Fsp3) is 0.368. The van der Waals surface area contributed by atoms with Gasteiger partial charge in [0.05, 0.1) is 25.4 Å². The van der Waals surface area contributed by atoms with Crippen molar-refractivity contribution < 1.29 is 33.9 Å². The summed E-state index contributed by atoms with van der Waals surface area (Å²) in [5.41, 5.74) is 16.7. The zero-order valence-electron chi connectivity index (χ0n) is 17.1. The second-order valence-corrected chi connectivity index (χ2v) is 6.87. The average Bonchev–Trinajstić information content (AvgIpc) is 2.70. The number of rotatable bonds is 13. The fourth-order valence-electron chi connectivity index (χ4n) is 2.59. The Morgan fingerprint density at radius 2 is 1.41 bits per heavy atom. The van der Waals surface area contributed by atoms with Gasteiger partial charge in [0, 0.05) is 0 Å². The summed E-state index contributed by atoms with van der Waals surface area (Å²) in [5.74, 6) is -5.89. The van der Waals surface area contributed by atoms with Crippen molar-refractivity contribution in [1.29, 1.82) is 0 Å². The molecular formula is C19H26N6O7. The SMILES string of the molecule is NC(=O)CC(NC(=O)CNC(=O)C(CC(N)=O)NC(=O)C(N)Cc1ccccc1)C(=O)O. The van der Waals surface area contributed by atoms with E-state index in [-0.39, 0.29) is 6.42 Å². The molecule has 0 aromatic heterocycles. The molecule has 0 radical (unpaired) electrons. The minimum atomic E-state index is -1.57. The first-order chi connectivity index (χ1) is 15.0. The number of hydrogen-bond donors (Lipinski definition) is 7. The molecule has 0 bridgehead atoms. The van der Waals surface area contributed by atoms with Gasteiger partial charge in [0.25, 0.3) is 0 Å². The lowest BCUT2D eigenvalue weighted by Crippen LogP contribution is -2.55. The number of carbonyl (C=O) groups excluding carboxylic acids is 5. The van der Waals surface area contributed by atoms with Crippen LogP contribution >= 0.6 is 0 Å². The summed E-state index contributed by atoms with van der Waals surface area (Å²) in [6, 6.07) is 4.87. The van der Waals surface area contributed by atoms with Crippen molar-refractivity contribution in [2.45, 2.75) is 37.4 Å². The van der Waals surface area contributed by atoms with Gasteiger partial charge in [-0.15, -0.1) is 0 Å². The van der Waals surface area contributed by atoms with Gasteiger partial charge in [0.1, 0.15) is 12.1 Å². The van der Waals surface area contributed by atoms with E-state index < -0.39 is 73.0 Å². The summed E-state index contributed by atoms with van der Waals surface area (Å²) in [7, 11) is 0. The normalized spacial score (nSPS) is 13.2. The number of carboxylic acids is 1. The van der Waals surface area contributed by atoms with E-state index >= 15 is 0 Å².